The van der Waals surface area contributed by atoms with Crippen LogP contribution in [0.4, 0.5) is 0 Å². The van der Waals surface area contributed by atoms with Crippen LogP contribution in [0.2, 0.25) is 0 Å². The molecule has 4 nitrogen and oxygen atoms in total. The molecule has 1 heterocycles. The number of hydrogen-bond acceptors (Lipinski definition) is 2. The van der Waals surface area contributed by atoms with Crippen LogP contribution in [0.5, 0.6) is 0 Å². The number of piperidine rings is 1. The van der Waals surface area contributed by atoms with Crippen molar-refractivity contribution in [2.45, 2.75) is 52.0 Å². The maximum Gasteiger partial charge on any atom is 0.225 e. The minimum Gasteiger partial charge on any atom is -0.349 e. The van der Waals surface area contributed by atoms with Crippen LogP contribution in [-0.4, -0.2) is 29.8 Å². The van der Waals surface area contributed by atoms with Gasteiger partial charge in [-0.25, -0.2) is 0 Å². The van der Waals surface area contributed by atoms with Crippen LogP contribution >= 0.6 is 0 Å². The Morgan fingerprint density at radius 1 is 1.17 bits per heavy atom. The lowest BCUT2D eigenvalue weighted by molar-refractivity contribution is -0.137. The largest absolute Gasteiger partial charge is 0.349 e. The zero-order valence-electron chi connectivity index (χ0n) is 14.8. The standard InChI is InChI=1S/C20H28N2O2/c1-3-15-6-8-16(9-7-15)14(2)21-19(23)18-5-4-12-22(13-18)20(24)17-10-11-17/h6-9,14,17-18H,3-5,10-13H2,1-2H3,(H,21,23)/t14-,18+/m1/s1. The molecular weight excluding hydrogens is 300 g/mol. The van der Waals surface area contributed by atoms with Crippen molar-refractivity contribution < 1.29 is 9.59 Å². The zero-order chi connectivity index (χ0) is 17.1. The first-order valence-electron chi connectivity index (χ1n) is 9.26. The molecular formula is C20H28N2O2. The van der Waals surface area contributed by atoms with Gasteiger partial charge in [-0.1, -0.05) is 31.2 Å². The highest BCUT2D eigenvalue weighted by atomic mass is 16.2. The number of hydrogen-bond donors (Lipinski definition) is 1. The number of likely N-dealkylation sites (tertiary alicyclic amines) is 1. The maximum atomic E-state index is 12.6. The SMILES string of the molecule is CCc1ccc([C@@H](C)NC(=O)[C@H]2CCCN(C(=O)C3CC3)C2)cc1. The number of rotatable bonds is 5. The fraction of sp³-hybridized carbons (Fsp3) is 0.600. The molecule has 0 aromatic heterocycles. The van der Waals surface area contributed by atoms with E-state index in [-0.39, 0.29) is 29.7 Å². The van der Waals surface area contributed by atoms with Gasteiger partial charge in [-0.3, -0.25) is 9.59 Å². The molecule has 1 saturated carbocycles. The van der Waals surface area contributed by atoms with Crippen LogP contribution in [0.25, 0.3) is 0 Å². The van der Waals surface area contributed by atoms with Crippen molar-refractivity contribution in [3.63, 3.8) is 0 Å². The van der Waals surface area contributed by atoms with Crippen molar-refractivity contribution in [3.8, 4) is 0 Å². The number of nitrogens with one attached hydrogen (secondary N) is 1. The second-order valence-electron chi connectivity index (χ2n) is 7.22. The molecule has 4 heteroatoms. The van der Waals surface area contributed by atoms with E-state index in [2.05, 4.69) is 36.5 Å². The van der Waals surface area contributed by atoms with E-state index in [9.17, 15) is 9.59 Å². The quantitative estimate of drug-likeness (QED) is 0.903. The molecule has 0 bridgehead atoms. The summed E-state index contributed by atoms with van der Waals surface area (Å²) in [4.78, 5) is 26.7. The summed E-state index contributed by atoms with van der Waals surface area (Å²) in [6.45, 7) is 5.56. The zero-order valence-corrected chi connectivity index (χ0v) is 14.8. The van der Waals surface area contributed by atoms with Crippen molar-refractivity contribution in [3.05, 3.63) is 35.4 Å². The number of carbonyl (C=O) groups is 2. The molecule has 1 N–H and O–H groups in total. The first-order chi connectivity index (χ1) is 11.6. The predicted octanol–water partition coefficient (Wildman–Crippen LogP) is 3.07. The van der Waals surface area contributed by atoms with Gasteiger partial charge in [-0.15, -0.1) is 0 Å². The average molecular weight is 328 g/mol. The van der Waals surface area contributed by atoms with Gasteiger partial charge in [0.15, 0.2) is 0 Å². The topological polar surface area (TPSA) is 49.4 Å². The fourth-order valence-electron chi connectivity index (χ4n) is 3.44. The Labute approximate surface area is 144 Å². The number of aryl methyl sites for hydroxylation is 1. The second-order valence-corrected chi connectivity index (χ2v) is 7.22. The van der Waals surface area contributed by atoms with Crippen molar-refractivity contribution in [2.24, 2.45) is 11.8 Å². The molecule has 24 heavy (non-hydrogen) atoms. The lowest BCUT2D eigenvalue weighted by Crippen LogP contribution is -2.46. The minimum atomic E-state index is -0.0705. The molecule has 1 aliphatic heterocycles. The highest BCUT2D eigenvalue weighted by Gasteiger charge is 2.36. The Hall–Kier alpha value is -1.84. The van der Waals surface area contributed by atoms with Gasteiger partial charge in [-0.2, -0.15) is 0 Å². The predicted molar refractivity (Wildman–Crippen MR) is 94.4 cm³/mol. The van der Waals surface area contributed by atoms with E-state index < -0.39 is 0 Å². The van der Waals surface area contributed by atoms with Crippen molar-refractivity contribution in [1.82, 2.24) is 10.2 Å². The molecule has 1 aromatic carbocycles. The normalized spacial score (nSPS) is 22.1. The lowest BCUT2D eigenvalue weighted by atomic mass is 9.96. The average Bonchev–Trinajstić information content (AvgIpc) is 3.46. The number of carbonyl (C=O) groups excluding carboxylic acids is 2. The molecule has 2 amide bonds. The fourth-order valence-corrected chi connectivity index (χ4v) is 3.44. The first kappa shape index (κ1) is 17.0. The van der Waals surface area contributed by atoms with Gasteiger partial charge >= 0.3 is 0 Å². The number of amides is 2. The molecule has 2 atom stereocenters. The Morgan fingerprint density at radius 3 is 2.50 bits per heavy atom. The first-order valence-corrected chi connectivity index (χ1v) is 9.26. The Balaban J connectivity index is 1.55. The Bertz CT molecular complexity index is 592. The van der Waals surface area contributed by atoms with Crippen LogP contribution in [0.1, 0.15) is 56.7 Å². The third-order valence-corrected chi connectivity index (χ3v) is 5.28. The van der Waals surface area contributed by atoms with Crippen LogP contribution in [-0.2, 0) is 16.0 Å². The van der Waals surface area contributed by atoms with Gasteiger partial charge in [0.2, 0.25) is 11.8 Å². The minimum absolute atomic E-state index is 0.00193. The highest BCUT2D eigenvalue weighted by molar-refractivity contribution is 5.83. The molecule has 1 saturated heterocycles. The van der Waals surface area contributed by atoms with E-state index in [1.165, 1.54) is 5.56 Å². The Kier molecular flexibility index (Phi) is 5.22. The highest BCUT2D eigenvalue weighted by Crippen LogP contribution is 2.32. The van der Waals surface area contributed by atoms with Crippen LogP contribution in [0.15, 0.2) is 24.3 Å². The summed E-state index contributed by atoms with van der Waals surface area (Å²) in [6, 6.07) is 8.42. The van der Waals surface area contributed by atoms with Crippen molar-refractivity contribution >= 4 is 11.8 Å². The Morgan fingerprint density at radius 2 is 1.88 bits per heavy atom. The summed E-state index contributed by atoms with van der Waals surface area (Å²) >= 11 is 0. The van der Waals surface area contributed by atoms with Crippen LogP contribution < -0.4 is 5.32 Å². The molecule has 2 aliphatic rings. The van der Waals surface area contributed by atoms with Crippen molar-refractivity contribution in [1.29, 1.82) is 0 Å². The van der Waals surface area contributed by atoms with E-state index in [1.807, 2.05) is 11.8 Å². The summed E-state index contributed by atoms with van der Waals surface area (Å²) in [5.74, 6) is 0.507. The molecule has 0 radical (unpaired) electrons. The maximum absolute atomic E-state index is 12.6. The van der Waals surface area contributed by atoms with E-state index >= 15 is 0 Å². The van der Waals surface area contributed by atoms with E-state index in [1.54, 1.807) is 0 Å². The van der Waals surface area contributed by atoms with E-state index in [0.29, 0.717) is 6.54 Å². The van der Waals surface area contributed by atoms with Gasteiger partial charge in [0.25, 0.3) is 0 Å². The molecule has 130 valence electrons. The van der Waals surface area contributed by atoms with Gasteiger partial charge < -0.3 is 10.2 Å². The monoisotopic (exact) mass is 328 g/mol. The third kappa shape index (κ3) is 3.97. The summed E-state index contributed by atoms with van der Waals surface area (Å²) in [5.41, 5.74) is 2.43. The van der Waals surface area contributed by atoms with Gasteiger partial charge in [0.05, 0.1) is 12.0 Å². The summed E-state index contributed by atoms with van der Waals surface area (Å²) in [5, 5.41) is 3.13. The molecule has 2 fully saturated rings. The molecule has 1 aliphatic carbocycles. The molecule has 0 unspecified atom stereocenters. The van der Waals surface area contributed by atoms with E-state index in [4.69, 9.17) is 0 Å². The van der Waals surface area contributed by atoms with Crippen molar-refractivity contribution in [2.75, 3.05) is 13.1 Å². The van der Waals surface area contributed by atoms with Gasteiger partial charge in [0.1, 0.15) is 0 Å². The van der Waals surface area contributed by atoms with Gasteiger partial charge in [0, 0.05) is 19.0 Å². The van der Waals surface area contributed by atoms with Crippen LogP contribution in [0, 0.1) is 11.8 Å². The smallest absolute Gasteiger partial charge is 0.225 e. The van der Waals surface area contributed by atoms with Gasteiger partial charge in [-0.05, 0) is 50.2 Å². The lowest BCUT2D eigenvalue weighted by Gasteiger charge is -2.32. The van der Waals surface area contributed by atoms with E-state index in [0.717, 1.165) is 44.2 Å². The second kappa shape index (κ2) is 7.37. The number of nitrogens with zero attached hydrogens (tertiary/aromatic N) is 1. The summed E-state index contributed by atoms with van der Waals surface area (Å²) in [6.07, 6.45) is 4.87. The third-order valence-electron chi connectivity index (χ3n) is 5.28. The van der Waals surface area contributed by atoms with Crippen LogP contribution in [0.3, 0.4) is 0 Å². The number of benzene rings is 1. The molecule has 3 rings (SSSR count). The molecule has 1 aromatic rings. The molecule has 0 spiro atoms. The summed E-state index contributed by atoms with van der Waals surface area (Å²) < 4.78 is 0. The summed E-state index contributed by atoms with van der Waals surface area (Å²) in [7, 11) is 0.